The third-order valence-corrected chi connectivity index (χ3v) is 5.25. The van der Waals surface area contributed by atoms with E-state index >= 15 is 0 Å². The predicted octanol–water partition coefficient (Wildman–Crippen LogP) is 2.75. The van der Waals surface area contributed by atoms with Crippen molar-refractivity contribution in [2.45, 2.75) is 26.3 Å². The van der Waals surface area contributed by atoms with Crippen molar-refractivity contribution in [3.63, 3.8) is 0 Å². The molecule has 3 rings (SSSR count). The van der Waals surface area contributed by atoms with Crippen LogP contribution < -0.4 is 10.6 Å². The van der Waals surface area contributed by atoms with Gasteiger partial charge in [-0.25, -0.2) is 4.98 Å². The van der Waals surface area contributed by atoms with Crippen LogP contribution in [-0.2, 0) is 0 Å². The number of para-hydroxylation sites is 2. The molecule has 156 valence electrons. The third kappa shape index (κ3) is 5.24. The van der Waals surface area contributed by atoms with E-state index in [0.29, 0.717) is 30.7 Å². The van der Waals surface area contributed by atoms with Crippen LogP contribution in [0.5, 0.6) is 0 Å². The Kier molecular flexibility index (Phi) is 7.04. The average Bonchev–Trinajstić information content (AvgIpc) is 3.25. The fourth-order valence-electron chi connectivity index (χ4n) is 3.66. The molecule has 9 heteroatoms. The van der Waals surface area contributed by atoms with Gasteiger partial charge in [-0.2, -0.15) is 0 Å². The third-order valence-electron chi connectivity index (χ3n) is 5.25. The summed E-state index contributed by atoms with van der Waals surface area (Å²) >= 11 is 0. The van der Waals surface area contributed by atoms with E-state index < -0.39 is 0 Å². The summed E-state index contributed by atoms with van der Waals surface area (Å²) in [5, 5.41) is 17.6. The van der Waals surface area contributed by atoms with E-state index in [-0.39, 0.29) is 10.6 Å². The molecule has 0 saturated carbocycles. The smallest absolute Gasteiger partial charge is 0.292 e. The van der Waals surface area contributed by atoms with Crippen molar-refractivity contribution in [3.05, 3.63) is 53.1 Å². The molecular weight excluding hydrogens is 370 g/mol. The number of nitro benzene ring substituents is 1. The second-order valence-electron chi connectivity index (χ2n) is 7.23. The normalized spacial score (nSPS) is 19.8. The number of aliphatic imine (C=N–C) groups is 1. The zero-order valence-electron chi connectivity index (χ0n) is 17.0. The molecule has 2 atom stereocenters. The molecule has 2 aromatic rings. The van der Waals surface area contributed by atoms with Crippen LogP contribution in [0, 0.1) is 16.0 Å². The molecule has 2 N–H and O–H groups in total. The fraction of sp³-hybridized carbons (Fsp3) is 0.500. The molecule has 2 heterocycles. The molecule has 29 heavy (non-hydrogen) atoms. The van der Waals surface area contributed by atoms with E-state index in [9.17, 15) is 10.1 Å². The number of hydrogen-bond donors (Lipinski definition) is 2. The lowest BCUT2D eigenvalue weighted by Gasteiger charge is -2.39. The number of benzene rings is 1. The van der Waals surface area contributed by atoms with E-state index in [1.807, 2.05) is 18.7 Å². The molecule has 0 spiro atoms. The van der Waals surface area contributed by atoms with Gasteiger partial charge in [0.2, 0.25) is 0 Å². The highest BCUT2D eigenvalue weighted by Crippen LogP contribution is 2.27. The van der Waals surface area contributed by atoms with Gasteiger partial charge < -0.3 is 20.1 Å². The first-order valence-electron chi connectivity index (χ1n) is 10.1. The summed E-state index contributed by atoms with van der Waals surface area (Å²) in [5.41, 5.74) is 0.598. The van der Waals surface area contributed by atoms with Crippen molar-refractivity contribution in [2.24, 2.45) is 10.9 Å². The standard InChI is InChI=1S/C20H29N7O2/c1-3-22-20(24-10-9-23-17-6-4-5-7-18(17)27(28)29)25-12-8-16(2)19(14-25)26-13-11-21-15-26/h4-7,11,13,15-16,19,23H,3,8-10,12,14H2,1-2H3,(H,22,24). The maximum atomic E-state index is 11.1. The monoisotopic (exact) mass is 399 g/mol. The average molecular weight is 399 g/mol. The Hall–Kier alpha value is -3.10. The first kappa shape index (κ1) is 20.6. The van der Waals surface area contributed by atoms with Gasteiger partial charge in [-0.05, 0) is 25.3 Å². The molecule has 0 aliphatic carbocycles. The largest absolute Gasteiger partial charge is 0.378 e. The van der Waals surface area contributed by atoms with Crippen LogP contribution in [0.25, 0.3) is 0 Å². The van der Waals surface area contributed by atoms with Crippen molar-refractivity contribution >= 4 is 17.3 Å². The van der Waals surface area contributed by atoms with E-state index in [4.69, 9.17) is 4.99 Å². The molecular formula is C20H29N7O2. The van der Waals surface area contributed by atoms with Gasteiger partial charge in [0.05, 0.1) is 23.8 Å². The summed E-state index contributed by atoms with van der Waals surface area (Å²) in [7, 11) is 0. The predicted molar refractivity (Wildman–Crippen MR) is 114 cm³/mol. The minimum Gasteiger partial charge on any atom is -0.378 e. The Morgan fingerprint density at radius 3 is 2.97 bits per heavy atom. The molecule has 0 radical (unpaired) electrons. The van der Waals surface area contributed by atoms with Gasteiger partial charge in [0.15, 0.2) is 5.96 Å². The second-order valence-corrected chi connectivity index (χ2v) is 7.23. The molecule has 1 aliphatic rings. The van der Waals surface area contributed by atoms with Gasteiger partial charge in [0, 0.05) is 44.6 Å². The molecule has 9 nitrogen and oxygen atoms in total. The lowest BCUT2D eigenvalue weighted by atomic mass is 9.93. The van der Waals surface area contributed by atoms with Crippen LogP contribution in [0.1, 0.15) is 26.3 Å². The highest BCUT2D eigenvalue weighted by atomic mass is 16.6. The SMILES string of the molecule is CCNC(=NCCNc1ccccc1[N+](=O)[O-])N1CCC(C)C(n2ccnc2)C1. The molecule has 0 amide bonds. The summed E-state index contributed by atoms with van der Waals surface area (Å²) in [4.78, 5) is 22.0. The van der Waals surface area contributed by atoms with E-state index in [0.717, 1.165) is 32.0 Å². The molecule has 1 saturated heterocycles. The number of nitrogens with one attached hydrogen (secondary N) is 2. The number of imidazole rings is 1. The molecule has 1 aromatic carbocycles. The van der Waals surface area contributed by atoms with Crippen molar-refractivity contribution in [3.8, 4) is 0 Å². The maximum absolute atomic E-state index is 11.1. The van der Waals surface area contributed by atoms with Crippen LogP contribution in [0.4, 0.5) is 11.4 Å². The highest BCUT2D eigenvalue weighted by molar-refractivity contribution is 5.80. The summed E-state index contributed by atoms with van der Waals surface area (Å²) < 4.78 is 2.18. The Bertz CT molecular complexity index is 822. The molecule has 1 aliphatic heterocycles. The highest BCUT2D eigenvalue weighted by Gasteiger charge is 2.28. The fourth-order valence-corrected chi connectivity index (χ4v) is 3.66. The van der Waals surface area contributed by atoms with Gasteiger partial charge in [0.1, 0.15) is 5.69 Å². The molecule has 2 unspecified atom stereocenters. The molecule has 1 fully saturated rings. The summed E-state index contributed by atoms with van der Waals surface area (Å²) in [5.74, 6) is 1.46. The van der Waals surface area contributed by atoms with Gasteiger partial charge in [-0.1, -0.05) is 19.1 Å². The Morgan fingerprint density at radius 1 is 1.41 bits per heavy atom. The molecule has 1 aromatic heterocycles. The van der Waals surface area contributed by atoms with Crippen LogP contribution in [-0.4, -0.2) is 58.1 Å². The van der Waals surface area contributed by atoms with Gasteiger partial charge in [0.25, 0.3) is 5.69 Å². The summed E-state index contributed by atoms with van der Waals surface area (Å²) in [6.07, 6.45) is 6.80. The zero-order valence-corrected chi connectivity index (χ0v) is 17.0. The maximum Gasteiger partial charge on any atom is 0.292 e. The Balaban J connectivity index is 1.62. The second kappa shape index (κ2) is 9.90. The summed E-state index contributed by atoms with van der Waals surface area (Å²) in [6.45, 7) is 8.00. The number of nitrogens with zero attached hydrogens (tertiary/aromatic N) is 5. The van der Waals surface area contributed by atoms with Crippen molar-refractivity contribution < 1.29 is 4.92 Å². The first-order valence-corrected chi connectivity index (χ1v) is 10.1. The number of piperidine rings is 1. The quantitative estimate of drug-likeness (QED) is 0.244. The van der Waals surface area contributed by atoms with Crippen molar-refractivity contribution in [1.82, 2.24) is 19.8 Å². The van der Waals surface area contributed by atoms with Crippen LogP contribution >= 0.6 is 0 Å². The van der Waals surface area contributed by atoms with Crippen LogP contribution in [0.15, 0.2) is 48.0 Å². The van der Waals surface area contributed by atoms with E-state index in [2.05, 4.69) is 38.9 Å². The Morgan fingerprint density at radius 2 is 2.24 bits per heavy atom. The number of anilines is 1. The van der Waals surface area contributed by atoms with E-state index in [1.54, 1.807) is 18.2 Å². The Labute approximate surface area is 171 Å². The number of guanidine groups is 1. The molecule has 0 bridgehead atoms. The minimum absolute atomic E-state index is 0.0802. The number of rotatable bonds is 7. The van der Waals surface area contributed by atoms with Gasteiger partial charge in [-0.3, -0.25) is 15.1 Å². The number of nitro groups is 1. The number of hydrogen-bond acceptors (Lipinski definition) is 5. The zero-order chi connectivity index (χ0) is 20.6. The van der Waals surface area contributed by atoms with Crippen molar-refractivity contribution in [1.29, 1.82) is 0 Å². The first-order chi connectivity index (χ1) is 14.1. The lowest BCUT2D eigenvalue weighted by Crippen LogP contribution is -2.49. The minimum atomic E-state index is -0.374. The topological polar surface area (TPSA) is 101 Å². The number of aromatic nitrogens is 2. The van der Waals surface area contributed by atoms with Gasteiger partial charge in [-0.15, -0.1) is 0 Å². The van der Waals surface area contributed by atoms with Crippen LogP contribution in [0.2, 0.25) is 0 Å². The lowest BCUT2D eigenvalue weighted by molar-refractivity contribution is -0.384. The van der Waals surface area contributed by atoms with Gasteiger partial charge >= 0.3 is 0 Å². The van der Waals surface area contributed by atoms with Crippen molar-refractivity contribution in [2.75, 3.05) is 38.0 Å². The number of likely N-dealkylation sites (tertiary alicyclic amines) is 1. The van der Waals surface area contributed by atoms with Crippen LogP contribution in [0.3, 0.4) is 0 Å². The summed E-state index contributed by atoms with van der Waals surface area (Å²) in [6, 6.07) is 7.03. The van der Waals surface area contributed by atoms with E-state index in [1.165, 1.54) is 6.07 Å².